The third-order valence-electron chi connectivity index (χ3n) is 5.56. The van der Waals surface area contributed by atoms with Crippen molar-refractivity contribution in [1.82, 2.24) is 14.9 Å². The van der Waals surface area contributed by atoms with Crippen LogP contribution in [0.5, 0.6) is 0 Å². The molecule has 2 atom stereocenters. The molecule has 1 fully saturated rings. The Kier molecular flexibility index (Phi) is 5.49. The number of thiocarbonyl (C=S) groups is 1. The number of halogens is 1. The van der Waals surface area contributed by atoms with Crippen molar-refractivity contribution in [3.8, 4) is 0 Å². The Morgan fingerprint density at radius 3 is 2.41 bits per heavy atom. The zero-order valence-corrected chi connectivity index (χ0v) is 19.5. The molecule has 1 aliphatic rings. The third-order valence-corrected chi connectivity index (χ3v) is 6.40. The first-order valence-corrected chi connectivity index (χ1v) is 11.0. The molecule has 0 spiro atoms. The van der Waals surface area contributed by atoms with Crippen molar-refractivity contribution in [1.29, 1.82) is 0 Å². The Morgan fingerprint density at radius 1 is 1.10 bits per heavy atom. The minimum Gasteiger partial charge on any atom is -0.351 e. The zero-order chi connectivity index (χ0) is 20.7. The highest BCUT2D eigenvalue weighted by Gasteiger charge is 2.42. The van der Waals surface area contributed by atoms with Gasteiger partial charge in [-0.15, -0.1) is 0 Å². The van der Waals surface area contributed by atoms with Gasteiger partial charge in [-0.25, -0.2) is 0 Å². The van der Waals surface area contributed by atoms with Gasteiger partial charge in [0.1, 0.15) is 0 Å². The van der Waals surface area contributed by atoms with E-state index in [1.165, 1.54) is 17.0 Å². The van der Waals surface area contributed by atoms with E-state index in [-0.39, 0.29) is 12.1 Å². The minimum atomic E-state index is -0.0199. The van der Waals surface area contributed by atoms with Gasteiger partial charge in [0.25, 0.3) is 0 Å². The summed E-state index contributed by atoms with van der Waals surface area (Å²) in [6, 6.07) is 17.1. The molecule has 4 rings (SSSR count). The second kappa shape index (κ2) is 7.92. The normalized spacial score (nSPS) is 19.1. The Labute approximate surface area is 186 Å². The zero-order valence-electron chi connectivity index (χ0n) is 17.1. The van der Waals surface area contributed by atoms with Crippen LogP contribution in [0.1, 0.15) is 54.6 Å². The minimum absolute atomic E-state index is 0.0199. The van der Waals surface area contributed by atoms with Gasteiger partial charge in [-0.05, 0) is 87.9 Å². The average molecular weight is 469 g/mol. The molecule has 1 N–H and O–H groups in total. The summed E-state index contributed by atoms with van der Waals surface area (Å²) >= 11 is 9.35. The van der Waals surface area contributed by atoms with Crippen molar-refractivity contribution in [2.45, 2.75) is 45.8 Å². The third kappa shape index (κ3) is 3.60. The lowest BCUT2D eigenvalue weighted by Gasteiger charge is -2.28. The van der Waals surface area contributed by atoms with E-state index in [9.17, 15) is 0 Å². The summed E-state index contributed by atoms with van der Waals surface area (Å²) in [5.41, 5.74) is 5.89. The summed E-state index contributed by atoms with van der Waals surface area (Å²) in [6.07, 6.45) is 1.84. The van der Waals surface area contributed by atoms with Crippen molar-refractivity contribution < 1.29 is 0 Å². The fourth-order valence-corrected chi connectivity index (χ4v) is 5.06. The summed E-state index contributed by atoms with van der Waals surface area (Å²) in [5.74, 6) is 0. The van der Waals surface area contributed by atoms with Gasteiger partial charge in [-0.3, -0.25) is 4.98 Å². The standard InChI is InChI=1S/C23H25BrN4S/c1-14(2)27-15(3)13-19(16(27)4)22-21(20-7-5-6-12-25-20)26-23(29)28(22)18-10-8-17(24)9-11-18/h5-14,21-22H,1-4H3,(H,26,29)/t21-,22-/m0/s1. The van der Waals surface area contributed by atoms with E-state index in [4.69, 9.17) is 12.2 Å². The van der Waals surface area contributed by atoms with Crippen molar-refractivity contribution >= 4 is 38.9 Å². The van der Waals surface area contributed by atoms with Crippen LogP contribution in [0.3, 0.4) is 0 Å². The molecule has 150 valence electrons. The molecule has 2 aromatic heterocycles. The van der Waals surface area contributed by atoms with E-state index in [2.05, 4.69) is 99.8 Å². The number of aryl methyl sites for hydroxylation is 1. The molecule has 1 saturated heterocycles. The fraction of sp³-hybridized carbons (Fsp3) is 0.304. The van der Waals surface area contributed by atoms with Crippen LogP contribution in [0.2, 0.25) is 0 Å². The second-order valence-electron chi connectivity index (χ2n) is 7.76. The van der Waals surface area contributed by atoms with E-state index >= 15 is 0 Å². The van der Waals surface area contributed by atoms with Gasteiger partial charge >= 0.3 is 0 Å². The van der Waals surface area contributed by atoms with E-state index in [0.29, 0.717) is 6.04 Å². The SMILES string of the molecule is Cc1cc([C@H]2[C@H](c3ccccn3)NC(=S)N2c2ccc(Br)cc2)c(C)n1C(C)C. The van der Waals surface area contributed by atoms with Gasteiger partial charge in [0.05, 0.1) is 17.8 Å². The number of nitrogens with zero attached hydrogens (tertiary/aromatic N) is 3. The molecule has 0 unspecified atom stereocenters. The molecule has 1 aliphatic heterocycles. The van der Waals surface area contributed by atoms with Gasteiger partial charge in [0, 0.05) is 33.8 Å². The summed E-state index contributed by atoms with van der Waals surface area (Å²) in [6.45, 7) is 8.84. The molecule has 6 heteroatoms. The van der Waals surface area contributed by atoms with Crippen molar-refractivity contribution in [3.63, 3.8) is 0 Å². The maximum Gasteiger partial charge on any atom is 0.174 e. The number of rotatable bonds is 4. The van der Waals surface area contributed by atoms with Gasteiger partial charge in [0.2, 0.25) is 0 Å². The van der Waals surface area contributed by atoms with Crippen LogP contribution in [0.15, 0.2) is 59.2 Å². The topological polar surface area (TPSA) is 33.1 Å². The first kappa shape index (κ1) is 20.1. The lowest BCUT2D eigenvalue weighted by Crippen LogP contribution is -2.29. The van der Waals surface area contributed by atoms with Crippen molar-refractivity contribution in [3.05, 3.63) is 81.8 Å². The molecule has 29 heavy (non-hydrogen) atoms. The number of anilines is 1. The lowest BCUT2D eigenvalue weighted by atomic mass is 9.96. The molecular weight excluding hydrogens is 444 g/mol. The van der Waals surface area contributed by atoms with Gasteiger partial charge < -0.3 is 14.8 Å². The van der Waals surface area contributed by atoms with Gasteiger partial charge in [0.15, 0.2) is 5.11 Å². The van der Waals surface area contributed by atoms with Crippen molar-refractivity contribution in [2.75, 3.05) is 4.90 Å². The lowest BCUT2D eigenvalue weighted by molar-refractivity contribution is 0.547. The molecule has 4 nitrogen and oxygen atoms in total. The average Bonchev–Trinajstić information content (AvgIpc) is 3.19. The first-order valence-electron chi connectivity index (χ1n) is 9.83. The van der Waals surface area contributed by atoms with E-state index < -0.39 is 0 Å². The number of nitrogens with one attached hydrogen (secondary N) is 1. The highest BCUT2D eigenvalue weighted by molar-refractivity contribution is 9.10. The molecular formula is C23H25BrN4S. The molecule has 0 saturated carbocycles. The maximum absolute atomic E-state index is 5.81. The number of benzene rings is 1. The number of pyridine rings is 1. The molecule has 0 aliphatic carbocycles. The molecule has 1 aromatic carbocycles. The Bertz CT molecular complexity index is 1030. The number of aromatic nitrogens is 2. The van der Waals surface area contributed by atoms with Crippen LogP contribution in [-0.4, -0.2) is 14.7 Å². The van der Waals surface area contributed by atoms with E-state index in [1.807, 2.05) is 18.3 Å². The molecule has 0 bridgehead atoms. The number of hydrogen-bond acceptors (Lipinski definition) is 2. The largest absolute Gasteiger partial charge is 0.351 e. The summed E-state index contributed by atoms with van der Waals surface area (Å²) in [7, 11) is 0. The Morgan fingerprint density at radius 2 is 1.83 bits per heavy atom. The summed E-state index contributed by atoms with van der Waals surface area (Å²) in [4.78, 5) is 6.87. The van der Waals surface area contributed by atoms with Crippen LogP contribution >= 0.6 is 28.1 Å². The Balaban J connectivity index is 1.88. The van der Waals surface area contributed by atoms with Crippen LogP contribution < -0.4 is 10.2 Å². The van der Waals surface area contributed by atoms with Gasteiger partial charge in [-0.2, -0.15) is 0 Å². The summed E-state index contributed by atoms with van der Waals surface area (Å²) in [5, 5.41) is 4.27. The van der Waals surface area contributed by atoms with Crippen LogP contribution in [0.4, 0.5) is 5.69 Å². The molecule has 0 amide bonds. The predicted octanol–water partition coefficient (Wildman–Crippen LogP) is 6.02. The van der Waals surface area contributed by atoms with E-state index in [1.54, 1.807) is 0 Å². The quantitative estimate of drug-likeness (QED) is 0.474. The predicted molar refractivity (Wildman–Crippen MR) is 126 cm³/mol. The first-order chi connectivity index (χ1) is 13.9. The van der Waals surface area contributed by atoms with E-state index in [0.717, 1.165) is 21.0 Å². The summed E-state index contributed by atoms with van der Waals surface area (Å²) < 4.78 is 3.45. The smallest absolute Gasteiger partial charge is 0.174 e. The van der Waals surface area contributed by atoms with Crippen molar-refractivity contribution in [2.24, 2.45) is 0 Å². The second-order valence-corrected chi connectivity index (χ2v) is 9.07. The van der Waals surface area contributed by atoms with Gasteiger partial charge in [-0.1, -0.05) is 22.0 Å². The molecule has 3 aromatic rings. The molecule has 0 radical (unpaired) electrons. The fourth-order valence-electron chi connectivity index (χ4n) is 4.45. The maximum atomic E-state index is 5.81. The molecule has 3 heterocycles. The van der Waals surface area contributed by atoms with Crippen LogP contribution in [0, 0.1) is 13.8 Å². The monoisotopic (exact) mass is 468 g/mol. The number of hydrogen-bond donors (Lipinski definition) is 1. The van der Waals surface area contributed by atoms with Crippen LogP contribution in [0.25, 0.3) is 0 Å². The highest BCUT2D eigenvalue weighted by atomic mass is 79.9. The Hall–Kier alpha value is -2.18. The van der Waals surface area contributed by atoms with Crippen LogP contribution in [-0.2, 0) is 0 Å². The highest BCUT2D eigenvalue weighted by Crippen LogP contribution is 2.43.